The van der Waals surface area contributed by atoms with Crippen LogP contribution in [0.4, 0.5) is 0 Å². The van der Waals surface area contributed by atoms with Crippen molar-refractivity contribution >= 4 is 5.91 Å². The first-order chi connectivity index (χ1) is 5.99. The predicted molar refractivity (Wildman–Crippen MR) is 53.2 cm³/mol. The smallest absolute Gasteiger partial charge is 0.242 e. The van der Waals surface area contributed by atoms with Crippen LogP contribution in [0.2, 0.25) is 0 Å². The SMILES string of the molecule is CCC(C)CN(C)C(=O)C1(N)CC1. The molecule has 1 aliphatic carbocycles. The van der Waals surface area contributed by atoms with Crippen molar-refractivity contribution in [3.63, 3.8) is 0 Å². The fourth-order valence-corrected chi connectivity index (χ4v) is 1.41. The maximum Gasteiger partial charge on any atom is 0.242 e. The van der Waals surface area contributed by atoms with Gasteiger partial charge in [0.25, 0.3) is 0 Å². The van der Waals surface area contributed by atoms with E-state index in [4.69, 9.17) is 5.73 Å². The molecule has 1 atom stereocenters. The third-order valence-electron chi connectivity index (χ3n) is 2.84. The summed E-state index contributed by atoms with van der Waals surface area (Å²) >= 11 is 0. The summed E-state index contributed by atoms with van der Waals surface area (Å²) in [4.78, 5) is 13.5. The van der Waals surface area contributed by atoms with Crippen LogP contribution in [0.5, 0.6) is 0 Å². The van der Waals surface area contributed by atoms with Gasteiger partial charge in [-0.15, -0.1) is 0 Å². The number of nitrogens with zero attached hydrogens (tertiary/aromatic N) is 1. The van der Waals surface area contributed by atoms with Crippen molar-refractivity contribution in [3.8, 4) is 0 Å². The van der Waals surface area contributed by atoms with E-state index in [-0.39, 0.29) is 5.91 Å². The van der Waals surface area contributed by atoms with E-state index in [0.717, 1.165) is 25.8 Å². The van der Waals surface area contributed by atoms with Gasteiger partial charge in [0.2, 0.25) is 5.91 Å². The minimum Gasteiger partial charge on any atom is -0.344 e. The van der Waals surface area contributed by atoms with Crippen LogP contribution in [0.1, 0.15) is 33.1 Å². The van der Waals surface area contributed by atoms with E-state index in [1.807, 2.05) is 7.05 Å². The summed E-state index contributed by atoms with van der Waals surface area (Å²) in [5.74, 6) is 0.684. The van der Waals surface area contributed by atoms with Crippen molar-refractivity contribution in [1.82, 2.24) is 4.90 Å². The standard InChI is InChI=1S/C10H20N2O/c1-4-8(2)7-12(3)9(13)10(11)5-6-10/h8H,4-7,11H2,1-3H3. The Kier molecular flexibility index (Phi) is 2.96. The molecule has 0 aromatic heterocycles. The van der Waals surface area contributed by atoms with Crippen LogP contribution < -0.4 is 5.73 Å². The minimum absolute atomic E-state index is 0.118. The fourth-order valence-electron chi connectivity index (χ4n) is 1.41. The van der Waals surface area contributed by atoms with Crippen molar-refractivity contribution in [3.05, 3.63) is 0 Å². The molecule has 0 aliphatic heterocycles. The number of carbonyl (C=O) groups excluding carboxylic acids is 1. The van der Waals surface area contributed by atoms with Crippen LogP contribution in [0.15, 0.2) is 0 Å². The Hall–Kier alpha value is -0.570. The maximum absolute atomic E-state index is 11.7. The molecule has 3 heteroatoms. The predicted octanol–water partition coefficient (Wildman–Crippen LogP) is 0.982. The van der Waals surface area contributed by atoms with Crippen LogP contribution in [0.25, 0.3) is 0 Å². The summed E-state index contributed by atoms with van der Waals surface area (Å²) in [6.07, 6.45) is 2.82. The van der Waals surface area contributed by atoms with E-state index in [0.29, 0.717) is 5.92 Å². The van der Waals surface area contributed by atoms with Gasteiger partial charge >= 0.3 is 0 Å². The minimum atomic E-state index is -0.498. The van der Waals surface area contributed by atoms with Crippen LogP contribution in [0, 0.1) is 5.92 Å². The van der Waals surface area contributed by atoms with Crippen molar-refractivity contribution in [2.24, 2.45) is 11.7 Å². The summed E-state index contributed by atoms with van der Waals surface area (Å²) in [7, 11) is 1.85. The highest BCUT2D eigenvalue weighted by molar-refractivity contribution is 5.88. The van der Waals surface area contributed by atoms with Crippen molar-refractivity contribution in [2.75, 3.05) is 13.6 Å². The zero-order valence-electron chi connectivity index (χ0n) is 8.84. The molecule has 3 nitrogen and oxygen atoms in total. The molecule has 13 heavy (non-hydrogen) atoms. The lowest BCUT2D eigenvalue weighted by molar-refractivity contribution is -0.132. The molecule has 1 rings (SSSR count). The monoisotopic (exact) mass is 184 g/mol. The average molecular weight is 184 g/mol. The molecule has 0 spiro atoms. The van der Waals surface area contributed by atoms with E-state index in [1.165, 1.54) is 0 Å². The zero-order valence-corrected chi connectivity index (χ0v) is 8.84. The van der Waals surface area contributed by atoms with Gasteiger partial charge < -0.3 is 10.6 Å². The molecule has 0 bridgehead atoms. The highest BCUT2D eigenvalue weighted by atomic mass is 16.2. The lowest BCUT2D eigenvalue weighted by atomic mass is 10.1. The van der Waals surface area contributed by atoms with Crippen molar-refractivity contribution < 1.29 is 4.79 Å². The highest BCUT2D eigenvalue weighted by Gasteiger charge is 2.47. The first-order valence-electron chi connectivity index (χ1n) is 5.04. The summed E-state index contributed by atoms with van der Waals surface area (Å²) < 4.78 is 0. The van der Waals surface area contributed by atoms with E-state index < -0.39 is 5.54 Å². The van der Waals surface area contributed by atoms with E-state index in [2.05, 4.69) is 13.8 Å². The molecule has 1 unspecified atom stereocenters. The van der Waals surface area contributed by atoms with E-state index in [9.17, 15) is 4.79 Å². The molecule has 2 N–H and O–H groups in total. The first kappa shape index (κ1) is 10.5. The van der Waals surface area contributed by atoms with Gasteiger partial charge in [-0.3, -0.25) is 4.79 Å². The molecular weight excluding hydrogens is 164 g/mol. The van der Waals surface area contributed by atoms with Crippen molar-refractivity contribution in [1.29, 1.82) is 0 Å². The Morgan fingerprint density at radius 3 is 2.54 bits per heavy atom. The normalized spacial score (nSPS) is 20.9. The van der Waals surface area contributed by atoms with Gasteiger partial charge in [0.05, 0.1) is 5.54 Å². The third-order valence-corrected chi connectivity index (χ3v) is 2.84. The second kappa shape index (κ2) is 3.66. The quantitative estimate of drug-likeness (QED) is 0.708. The molecule has 0 aromatic carbocycles. The van der Waals surface area contributed by atoms with Gasteiger partial charge in [-0.2, -0.15) is 0 Å². The van der Waals surface area contributed by atoms with Gasteiger partial charge in [0.15, 0.2) is 0 Å². The molecule has 1 amide bonds. The average Bonchev–Trinajstić information content (AvgIpc) is 2.83. The number of nitrogens with two attached hydrogens (primary N) is 1. The first-order valence-corrected chi connectivity index (χ1v) is 5.04. The molecule has 0 radical (unpaired) electrons. The number of rotatable bonds is 4. The molecule has 0 aromatic rings. The van der Waals surface area contributed by atoms with Gasteiger partial charge in [0.1, 0.15) is 0 Å². The molecule has 1 aliphatic rings. The van der Waals surface area contributed by atoms with Crippen LogP contribution in [-0.4, -0.2) is 29.9 Å². The van der Waals surface area contributed by atoms with Crippen molar-refractivity contribution in [2.45, 2.75) is 38.6 Å². The Labute approximate surface area is 80.3 Å². The number of carbonyl (C=O) groups is 1. The van der Waals surface area contributed by atoms with E-state index >= 15 is 0 Å². The lowest BCUT2D eigenvalue weighted by Gasteiger charge is -2.23. The number of amides is 1. The van der Waals surface area contributed by atoms with Crippen LogP contribution >= 0.6 is 0 Å². The molecule has 0 heterocycles. The summed E-state index contributed by atoms with van der Waals surface area (Å²) in [5, 5.41) is 0. The van der Waals surface area contributed by atoms with Crippen LogP contribution in [0.3, 0.4) is 0 Å². The maximum atomic E-state index is 11.7. The number of likely N-dealkylation sites (N-methyl/N-ethyl adjacent to an activating group) is 1. The summed E-state index contributed by atoms with van der Waals surface area (Å²) in [6, 6.07) is 0. The Morgan fingerprint density at radius 2 is 2.15 bits per heavy atom. The zero-order chi connectivity index (χ0) is 10.1. The molecular formula is C10H20N2O. The topological polar surface area (TPSA) is 46.3 Å². The Morgan fingerprint density at radius 1 is 1.62 bits per heavy atom. The number of hydrogen-bond donors (Lipinski definition) is 1. The lowest BCUT2D eigenvalue weighted by Crippen LogP contribution is -2.45. The van der Waals surface area contributed by atoms with Gasteiger partial charge in [-0.1, -0.05) is 20.3 Å². The van der Waals surface area contributed by atoms with Gasteiger partial charge in [0, 0.05) is 13.6 Å². The third kappa shape index (κ3) is 2.44. The highest BCUT2D eigenvalue weighted by Crippen LogP contribution is 2.33. The molecule has 0 saturated heterocycles. The molecule has 76 valence electrons. The number of hydrogen-bond acceptors (Lipinski definition) is 2. The van der Waals surface area contributed by atoms with Crippen LogP contribution in [-0.2, 0) is 4.79 Å². The second-order valence-corrected chi connectivity index (χ2v) is 4.36. The Balaban J connectivity index is 2.39. The summed E-state index contributed by atoms with van der Waals surface area (Å²) in [5.41, 5.74) is 5.32. The van der Waals surface area contributed by atoms with Gasteiger partial charge in [-0.05, 0) is 18.8 Å². The second-order valence-electron chi connectivity index (χ2n) is 4.36. The van der Waals surface area contributed by atoms with Gasteiger partial charge in [-0.25, -0.2) is 0 Å². The molecule has 1 saturated carbocycles. The van der Waals surface area contributed by atoms with E-state index in [1.54, 1.807) is 4.90 Å². The molecule has 1 fully saturated rings. The summed E-state index contributed by atoms with van der Waals surface area (Å²) in [6.45, 7) is 5.12. The Bertz CT molecular complexity index is 199. The fraction of sp³-hybridized carbons (Fsp3) is 0.900. The largest absolute Gasteiger partial charge is 0.344 e.